The van der Waals surface area contributed by atoms with Gasteiger partial charge in [0.25, 0.3) is 0 Å². The molecule has 0 radical (unpaired) electrons. The average Bonchev–Trinajstić information content (AvgIpc) is 3.14. The molecule has 4 aliphatic rings. The van der Waals surface area contributed by atoms with Gasteiger partial charge in [-0.15, -0.1) is 0 Å². The first kappa shape index (κ1) is 27.9. The predicted molar refractivity (Wildman–Crippen MR) is 194 cm³/mol. The second-order valence-electron chi connectivity index (χ2n) is 12.1. The van der Waals surface area contributed by atoms with Gasteiger partial charge in [-0.3, -0.25) is 0 Å². The van der Waals surface area contributed by atoms with Crippen LogP contribution in [0.4, 0.5) is 22.7 Å². The summed E-state index contributed by atoms with van der Waals surface area (Å²) in [6, 6.07) is 39.7. The third-order valence-electron chi connectivity index (χ3n) is 9.40. The zero-order valence-electron chi connectivity index (χ0n) is 25.7. The van der Waals surface area contributed by atoms with Gasteiger partial charge >= 0.3 is 0 Å². The quantitative estimate of drug-likeness (QED) is 0.211. The molecule has 0 saturated heterocycles. The van der Waals surface area contributed by atoms with Gasteiger partial charge in [-0.2, -0.15) is 0 Å². The lowest BCUT2D eigenvalue weighted by atomic mass is 9.82. The van der Waals surface area contributed by atoms with Crippen molar-refractivity contribution in [2.75, 3.05) is 9.80 Å². The van der Waals surface area contributed by atoms with Crippen molar-refractivity contribution in [3.63, 3.8) is 0 Å². The van der Waals surface area contributed by atoms with E-state index in [0.717, 1.165) is 5.69 Å². The second kappa shape index (κ2) is 12.4. The van der Waals surface area contributed by atoms with Crippen molar-refractivity contribution < 1.29 is 0 Å². The molecule has 0 saturated carbocycles. The van der Waals surface area contributed by atoms with Gasteiger partial charge < -0.3 is 9.80 Å². The van der Waals surface area contributed by atoms with Gasteiger partial charge in [-0.05, 0) is 71.3 Å². The molecule has 0 bridgehead atoms. The fourth-order valence-corrected chi connectivity index (χ4v) is 7.14. The molecule has 2 heteroatoms. The van der Waals surface area contributed by atoms with E-state index >= 15 is 0 Å². The van der Waals surface area contributed by atoms with Crippen LogP contribution in [0.3, 0.4) is 0 Å². The van der Waals surface area contributed by atoms with E-state index in [9.17, 15) is 0 Å². The third kappa shape index (κ3) is 5.33. The second-order valence-corrected chi connectivity index (χ2v) is 12.1. The first-order valence-corrected chi connectivity index (χ1v) is 16.2. The number of fused-ring (bicyclic) bond motifs is 2. The van der Waals surface area contributed by atoms with E-state index in [0.29, 0.717) is 17.8 Å². The van der Waals surface area contributed by atoms with Crippen LogP contribution in [0.1, 0.15) is 0 Å². The first-order valence-electron chi connectivity index (χ1n) is 16.2. The molecule has 0 heterocycles. The van der Waals surface area contributed by atoms with Crippen molar-refractivity contribution in [3.05, 3.63) is 206 Å². The zero-order chi connectivity index (χ0) is 30.7. The molecule has 4 aromatic carbocycles. The maximum absolute atomic E-state index is 2.47. The maximum Gasteiger partial charge on any atom is 0.0628 e. The van der Waals surface area contributed by atoms with Gasteiger partial charge in [0.2, 0.25) is 0 Å². The van der Waals surface area contributed by atoms with E-state index in [4.69, 9.17) is 0 Å². The fraction of sp³-hybridized carbons (Fsp3) is 0.0909. The molecular weight excluding hydrogens is 556 g/mol. The van der Waals surface area contributed by atoms with Crippen LogP contribution in [0, 0.1) is 17.8 Å². The minimum Gasteiger partial charge on any atom is -0.334 e. The van der Waals surface area contributed by atoms with Gasteiger partial charge in [-0.25, -0.2) is 0 Å². The van der Waals surface area contributed by atoms with Crippen LogP contribution in [0.5, 0.6) is 0 Å². The number of rotatable bonds is 7. The number of benzene rings is 4. The minimum absolute atomic E-state index is 0.190. The van der Waals surface area contributed by atoms with Gasteiger partial charge in [0.15, 0.2) is 0 Å². The lowest BCUT2D eigenvalue weighted by molar-refractivity contribution is 0.612. The van der Waals surface area contributed by atoms with E-state index in [2.05, 4.69) is 204 Å². The highest BCUT2D eigenvalue weighted by atomic mass is 15.2. The van der Waals surface area contributed by atoms with Crippen LogP contribution in [0.15, 0.2) is 206 Å². The molecule has 8 rings (SSSR count). The summed E-state index contributed by atoms with van der Waals surface area (Å²) in [6.45, 7) is 0. The van der Waals surface area contributed by atoms with Crippen LogP contribution in [-0.2, 0) is 0 Å². The molecule has 222 valence electrons. The molecule has 0 fully saturated rings. The van der Waals surface area contributed by atoms with Gasteiger partial charge in [-0.1, -0.05) is 140 Å². The molecule has 0 spiro atoms. The number of nitrogens with zero attached hydrogens (tertiary/aromatic N) is 2. The summed E-state index contributed by atoms with van der Waals surface area (Å²) in [5.41, 5.74) is 9.75. The molecule has 0 amide bonds. The van der Waals surface area contributed by atoms with E-state index in [1.54, 1.807) is 0 Å². The largest absolute Gasteiger partial charge is 0.334 e. The van der Waals surface area contributed by atoms with Gasteiger partial charge in [0.05, 0.1) is 6.04 Å². The SMILES string of the molecule is C1=CC2=CC=CC(N(c3ccccc3)c3ccc(-c4ccc(N(C5=CC=CC6C=CC=CC56)c5ccccc5)cc4)cc3)C2C=C1. The van der Waals surface area contributed by atoms with Crippen molar-refractivity contribution in [3.8, 4) is 11.1 Å². The number of allylic oxidation sites excluding steroid dienone is 12. The van der Waals surface area contributed by atoms with Crippen molar-refractivity contribution in [2.45, 2.75) is 6.04 Å². The number of anilines is 4. The predicted octanol–water partition coefficient (Wildman–Crippen LogP) is 11.0. The number of hydrogen-bond donors (Lipinski definition) is 0. The molecule has 4 aliphatic carbocycles. The Balaban J connectivity index is 1.10. The molecule has 4 unspecified atom stereocenters. The maximum atomic E-state index is 2.47. The summed E-state index contributed by atoms with van der Waals surface area (Å²) in [4.78, 5) is 4.88. The smallest absolute Gasteiger partial charge is 0.0628 e. The Morgan fingerprint density at radius 1 is 0.413 bits per heavy atom. The Morgan fingerprint density at radius 3 is 1.70 bits per heavy atom. The molecule has 4 aromatic rings. The summed E-state index contributed by atoms with van der Waals surface area (Å²) in [7, 11) is 0. The fourth-order valence-electron chi connectivity index (χ4n) is 7.14. The number of hydrogen-bond acceptors (Lipinski definition) is 2. The van der Waals surface area contributed by atoms with Crippen LogP contribution >= 0.6 is 0 Å². The summed E-state index contributed by atoms with van der Waals surface area (Å²) < 4.78 is 0. The van der Waals surface area contributed by atoms with Crippen LogP contribution in [-0.4, -0.2) is 6.04 Å². The van der Waals surface area contributed by atoms with E-state index in [-0.39, 0.29) is 6.04 Å². The van der Waals surface area contributed by atoms with Gasteiger partial charge in [0, 0.05) is 46.2 Å². The van der Waals surface area contributed by atoms with Crippen molar-refractivity contribution in [2.24, 2.45) is 17.8 Å². The standard InChI is InChI=1S/C44H36N2/c1-3-17-37(18-4-1)45(43-23-11-15-35-13-7-9-21-41(35)43)39-29-25-33(26-30-39)34-27-31-40(32-28-34)46(38-19-5-2-6-20-38)44-24-12-16-36-14-8-10-22-42(36)44/h1-32,35,41-42,44H. The van der Waals surface area contributed by atoms with E-state index in [1.807, 2.05) is 0 Å². The van der Waals surface area contributed by atoms with E-state index in [1.165, 1.54) is 39.5 Å². The Morgan fingerprint density at radius 2 is 0.957 bits per heavy atom. The summed E-state index contributed by atoms with van der Waals surface area (Å²) in [6.07, 6.45) is 31.3. The lowest BCUT2D eigenvalue weighted by Crippen LogP contribution is -2.37. The van der Waals surface area contributed by atoms with Gasteiger partial charge in [0.1, 0.15) is 0 Å². The molecular formula is C44H36N2. The Hall–Kier alpha value is -5.60. The van der Waals surface area contributed by atoms with E-state index < -0.39 is 0 Å². The molecule has 46 heavy (non-hydrogen) atoms. The Kier molecular flexibility index (Phi) is 7.54. The highest BCUT2D eigenvalue weighted by molar-refractivity contribution is 5.75. The Labute approximate surface area is 272 Å². The summed E-state index contributed by atoms with van der Waals surface area (Å²) in [5, 5.41) is 0. The zero-order valence-corrected chi connectivity index (χ0v) is 25.7. The summed E-state index contributed by atoms with van der Waals surface area (Å²) >= 11 is 0. The topological polar surface area (TPSA) is 6.48 Å². The average molecular weight is 593 g/mol. The number of para-hydroxylation sites is 2. The molecule has 0 N–H and O–H groups in total. The molecule has 4 atom stereocenters. The van der Waals surface area contributed by atoms with Crippen LogP contribution in [0.25, 0.3) is 11.1 Å². The third-order valence-corrected chi connectivity index (χ3v) is 9.40. The first-order chi connectivity index (χ1) is 22.8. The van der Waals surface area contributed by atoms with Crippen molar-refractivity contribution in [1.82, 2.24) is 0 Å². The lowest BCUT2D eigenvalue weighted by Gasteiger charge is -2.38. The van der Waals surface area contributed by atoms with Crippen LogP contribution in [0.2, 0.25) is 0 Å². The van der Waals surface area contributed by atoms with Crippen molar-refractivity contribution in [1.29, 1.82) is 0 Å². The molecule has 2 nitrogen and oxygen atoms in total. The summed E-state index contributed by atoms with van der Waals surface area (Å²) in [5.74, 6) is 0.989. The highest BCUT2D eigenvalue weighted by Crippen LogP contribution is 2.41. The van der Waals surface area contributed by atoms with Crippen molar-refractivity contribution >= 4 is 22.7 Å². The highest BCUT2D eigenvalue weighted by Gasteiger charge is 2.30. The minimum atomic E-state index is 0.190. The molecule has 0 aliphatic heterocycles. The monoisotopic (exact) mass is 592 g/mol. The Bertz CT molecular complexity index is 1930. The van der Waals surface area contributed by atoms with Crippen LogP contribution < -0.4 is 9.80 Å². The molecule has 0 aromatic heterocycles. The normalized spacial score (nSPS) is 22.1.